The van der Waals surface area contributed by atoms with Crippen LogP contribution in [0.3, 0.4) is 0 Å². The van der Waals surface area contributed by atoms with Crippen LogP contribution in [-0.4, -0.2) is 96.4 Å². The summed E-state index contributed by atoms with van der Waals surface area (Å²) in [6.45, 7) is 9.09. The lowest BCUT2D eigenvalue weighted by atomic mass is 9.85. The molecule has 1 fully saturated rings. The Morgan fingerprint density at radius 2 is 1.81 bits per heavy atom. The Morgan fingerprint density at radius 1 is 1.12 bits per heavy atom. The first-order valence-electron chi connectivity index (χ1n) is 14.2. The molecule has 43 heavy (non-hydrogen) atoms. The molecule has 13 heteroatoms. The lowest BCUT2D eigenvalue weighted by Crippen LogP contribution is -2.58. The van der Waals surface area contributed by atoms with Crippen molar-refractivity contribution in [3.8, 4) is 10.4 Å². The van der Waals surface area contributed by atoms with E-state index in [1.807, 2.05) is 52.0 Å². The zero-order chi connectivity index (χ0) is 31.6. The van der Waals surface area contributed by atoms with Crippen LogP contribution in [0.25, 0.3) is 10.4 Å². The largest absolute Gasteiger partial charge is 0.461 e. The zero-order valence-corrected chi connectivity index (χ0v) is 26.2. The molecule has 1 aliphatic heterocycles. The summed E-state index contributed by atoms with van der Waals surface area (Å²) in [7, 11) is 0. The zero-order valence-electron chi connectivity index (χ0n) is 25.4. The van der Waals surface area contributed by atoms with Gasteiger partial charge in [0.05, 0.1) is 49.1 Å². The van der Waals surface area contributed by atoms with Gasteiger partial charge in [-0.25, -0.2) is 4.98 Å². The van der Waals surface area contributed by atoms with Crippen molar-refractivity contribution in [2.45, 2.75) is 65.8 Å². The van der Waals surface area contributed by atoms with Gasteiger partial charge in [-0.1, -0.05) is 45.0 Å². The fourth-order valence-corrected chi connectivity index (χ4v) is 5.55. The summed E-state index contributed by atoms with van der Waals surface area (Å²) < 4.78 is 15.8. The van der Waals surface area contributed by atoms with Crippen molar-refractivity contribution in [1.82, 2.24) is 20.5 Å². The first-order chi connectivity index (χ1) is 20.4. The number of likely N-dealkylation sites (tertiary alicyclic amines) is 1. The van der Waals surface area contributed by atoms with E-state index in [0.29, 0.717) is 0 Å². The number of hydrogen-bond acceptors (Lipinski definition) is 10. The number of carbonyl (C=O) groups is 4. The monoisotopic (exact) mass is 618 g/mol. The Bertz CT molecular complexity index is 1240. The summed E-state index contributed by atoms with van der Waals surface area (Å²) in [4.78, 5) is 58.4. The van der Waals surface area contributed by atoms with E-state index < -0.39 is 41.4 Å². The number of rotatable bonds is 14. The molecule has 2 aromatic rings. The Morgan fingerprint density at radius 3 is 2.42 bits per heavy atom. The van der Waals surface area contributed by atoms with E-state index in [2.05, 4.69) is 15.6 Å². The molecule has 0 unspecified atom stereocenters. The third-order valence-corrected chi connectivity index (χ3v) is 7.85. The van der Waals surface area contributed by atoms with Crippen molar-refractivity contribution >= 4 is 35.0 Å². The summed E-state index contributed by atoms with van der Waals surface area (Å²) in [5.74, 6) is -1.83. The smallest absolute Gasteiger partial charge is 0.302 e. The molecule has 3 atom stereocenters. The van der Waals surface area contributed by atoms with Gasteiger partial charge in [0, 0.05) is 19.9 Å². The van der Waals surface area contributed by atoms with E-state index in [4.69, 9.17) is 19.3 Å². The average molecular weight is 619 g/mol. The number of esters is 1. The van der Waals surface area contributed by atoms with Crippen molar-refractivity contribution in [2.75, 3.05) is 39.6 Å². The summed E-state index contributed by atoms with van der Waals surface area (Å²) in [6, 6.07) is 5.96. The Hall–Kier alpha value is -3.39. The van der Waals surface area contributed by atoms with E-state index in [1.165, 1.54) is 11.8 Å². The molecule has 1 aromatic heterocycles. The fraction of sp³-hybridized carbons (Fsp3) is 0.567. The molecule has 1 aromatic carbocycles. The second kappa shape index (κ2) is 15.9. The van der Waals surface area contributed by atoms with Gasteiger partial charge >= 0.3 is 5.97 Å². The lowest BCUT2D eigenvalue weighted by Gasteiger charge is -2.35. The number of hydrogen-bond donors (Lipinski definition) is 3. The Kier molecular flexibility index (Phi) is 12.6. The van der Waals surface area contributed by atoms with Gasteiger partial charge in [-0.3, -0.25) is 19.2 Å². The number of aryl methyl sites for hydroxylation is 1. The number of nitrogens with one attached hydrogen (secondary N) is 2. The molecule has 0 spiro atoms. The average Bonchev–Trinajstić information content (AvgIpc) is 3.57. The van der Waals surface area contributed by atoms with Gasteiger partial charge in [0.2, 0.25) is 17.7 Å². The normalized spacial score (nSPS) is 17.4. The molecule has 0 bridgehead atoms. The third kappa shape index (κ3) is 10.1. The minimum Gasteiger partial charge on any atom is -0.461 e. The SMILES string of the molecule is CC(=O)O[C@@H]1C[C@@H](C(=O)NCc2ccc(-c3scnc3C)cc2)N(C(=O)[C@@H](NC(=O)COCCOCCO)C(C)(C)C)C1. The van der Waals surface area contributed by atoms with Gasteiger partial charge in [0.1, 0.15) is 24.8 Å². The number of amides is 3. The predicted octanol–water partition coefficient (Wildman–Crippen LogP) is 1.82. The standard InChI is InChI=1S/C30H42N4O8S/c1-19-26(43-18-32-19)22-8-6-21(7-9-22)15-31-28(38)24-14-23(42-20(2)36)16-34(24)29(39)27(30(3,4)5)33-25(37)17-41-13-12-40-11-10-35/h6-9,18,23-24,27,35H,10-17H2,1-5H3,(H,31,38)(H,33,37)/t23-,24+,27-/m1/s1. The second-order valence-electron chi connectivity index (χ2n) is 11.4. The summed E-state index contributed by atoms with van der Waals surface area (Å²) in [5.41, 5.74) is 3.99. The molecule has 2 heterocycles. The van der Waals surface area contributed by atoms with Crippen LogP contribution in [-0.2, 0) is 39.9 Å². The highest BCUT2D eigenvalue weighted by Crippen LogP contribution is 2.29. The maximum Gasteiger partial charge on any atom is 0.302 e. The highest BCUT2D eigenvalue weighted by Gasteiger charge is 2.45. The number of nitrogens with zero attached hydrogens (tertiary/aromatic N) is 2. The van der Waals surface area contributed by atoms with Gasteiger partial charge in [-0.2, -0.15) is 0 Å². The van der Waals surface area contributed by atoms with E-state index in [1.54, 1.807) is 16.8 Å². The van der Waals surface area contributed by atoms with Crippen molar-refractivity contribution in [3.05, 3.63) is 41.0 Å². The van der Waals surface area contributed by atoms with Crippen molar-refractivity contribution in [2.24, 2.45) is 5.41 Å². The molecule has 0 saturated carbocycles. The molecular weight excluding hydrogens is 576 g/mol. The molecular formula is C30H42N4O8S. The van der Waals surface area contributed by atoms with Crippen LogP contribution in [0.2, 0.25) is 0 Å². The highest BCUT2D eigenvalue weighted by atomic mass is 32.1. The number of carbonyl (C=O) groups excluding carboxylic acids is 4. The van der Waals surface area contributed by atoms with Gasteiger partial charge < -0.3 is 34.9 Å². The molecule has 0 radical (unpaired) electrons. The molecule has 3 rings (SSSR count). The summed E-state index contributed by atoms with van der Waals surface area (Å²) >= 11 is 1.57. The number of benzene rings is 1. The molecule has 1 aliphatic rings. The van der Waals surface area contributed by atoms with Crippen LogP contribution in [0.1, 0.15) is 45.4 Å². The lowest BCUT2D eigenvalue weighted by molar-refractivity contribution is -0.147. The molecule has 0 aliphatic carbocycles. The third-order valence-electron chi connectivity index (χ3n) is 6.87. The van der Waals surface area contributed by atoms with Crippen LogP contribution in [0.15, 0.2) is 29.8 Å². The van der Waals surface area contributed by atoms with Crippen LogP contribution in [0.5, 0.6) is 0 Å². The van der Waals surface area contributed by atoms with Crippen LogP contribution in [0.4, 0.5) is 0 Å². The van der Waals surface area contributed by atoms with Crippen molar-refractivity contribution in [1.29, 1.82) is 0 Å². The number of aliphatic hydroxyl groups excluding tert-OH is 1. The molecule has 3 amide bonds. The van der Waals surface area contributed by atoms with E-state index >= 15 is 0 Å². The number of aromatic nitrogens is 1. The predicted molar refractivity (Wildman–Crippen MR) is 160 cm³/mol. The first kappa shape index (κ1) is 34.1. The topological polar surface area (TPSA) is 156 Å². The second-order valence-corrected chi connectivity index (χ2v) is 12.3. The van der Waals surface area contributed by atoms with E-state index in [0.717, 1.165) is 21.7 Å². The minimum absolute atomic E-state index is 0.0283. The number of aliphatic hydroxyl groups is 1. The highest BCUT2D eigenvalue weighted by molar-refractivity contribution is 7.13. The van der Waals surface area contributed by atoms with Crippen LogP contribution in [0, 0.1) is 12.3 Å². The Balaban J connectivity index is 1.67. The van der Waals surface area contributed by atoms with Gasteiger partial charge in [-0.05, 0) is 23.5 Å². The summed E-state index contributed by atoms with van der Waals surface area (Å²) in [6.07, 6.45) is -0.514. The van der Waals surface area contributed by atoms with Crippen molar-refractivity contribution < 1.29 is 38.5 Å². The quantitative estimate of drug-likeness (QED) is 0.212. The number of thiazole rings is 1. The molecule has 3 N–H and O–H groups in total. The maximum absolute atomic E-state index is 13.9. The van der Waals surface area contributed by atoms with Gasteiger partial charge in [-0.15, -0.1) is 11.3 Å². The maximum atomic E-state index is 13.9. The van der Waals surface area contributed by atoms with Crippen LogP contribution >= 0.6 is 11.3 Å². The Labute approximate surface area is 256 Å². The van der Waals surface area contributed by atoms with E-state index in [9.17, 15) is 19.2 Å². The molecule has 12 nitrogen and oxygen atoms in total. The van der Waals surface area contributed by atoms with E-state index in [-0.39, 0.29) is 58.5 Å². The number of ether oxygens (including phenoxy) is 3. The minimum atomic E-state index is -0.969. The van der Waals surface area contributed by atoms with Gasteiger partial charge in [0.25, 0.3) is 0 Å². The first-order valence-corrected chi connectivity index (χ1v) is 15.1. The van der Waals surface area contributed by atoms with Crippen molar-refractivity contribution in [3.63, 3.8) is 0 Å². The summed E-state index contributed by atoms with van der Waals surface area (Å²) in [5, 5.41) is 14.4. The van der Waals surface area contributed by atoms with Gasteiger partial charge in [0.15, 0.2) is 0 Å². The molecule has 1 saturated heterocycles. The molecule has 236 valence electrons. The van der Waals surface area contributed by atoms with Crippen LogP contribution < -0.4 is 10.6 Å². The fourth-order valence-electron chi connectivity index (χ4n) is 4.74.